The lowest BCUT2D eigenvalue weighted by molar-refractivity contribution is 0.123. The summed E-state index contributed by atoms with van der Waals surface area (Å²) < 4.78 is 32.6. The Morgan fingerprint density at radius 1 is 1.30 bits per heavy atom. The maximum absolute atomic E-state index is 13.9. The summed E-state index contributed by atoms with van der Waals surface area (Å²) in [7, 11) is 1.74. The summed E-state index contributed by atoms with van der Waals surface area (Å²) in [6.07, 6.45) is 4.44. The smallest absolute Gasteiger partial charge is 0.191 e. The van der Waals surface area contributed by atoms with Gasteiger partial charge in [-0.25, -0.2) is 8.78 Å². The van der Waals surface area contributed by atoms with E-state index >= 15 is 0 Å². The lowest BCUT2D eigenvalue weighted by Crippen LogP contribution is -2.45. The van der Waals surface area contributed by atoms with Gasteiger partial charge in [-0.3, -0.25) is 4.99 Å². The highest BCUT2D eigenvalue weighted by Gasteiger charge is 2.25. The summed E-state index contributed by atoms with van der Waals surface area (Å²) in [4.78, 5) is 6.18. The minimum atomic E-state index is -0.550. The molecule has 1 saturated heterocycles. The fourth-order valence-corrected chi connectivity index (χ4v) is 3.14. The van der Waals surface area contributed by atoms with Gasteiger partial charge < -0.3 is 20.3 Å². The van der Waals surface area contributed by atoms with Crippen LogP contribution in [0.3, 0.4) is 0 Å². The molecule has 5 nitrogen and oxygen atoms in total. The number of hydrogen-bond acceptors (Lipinski definition) is 3. The van der Waals surface area contributed by atoms with Gasteiger partial charge in [-0.2, -0.15) is 0 Å². The third-order valence-electron chi connectivity index (χ3n) is 4.81. The van der Waals surface area contributed by atoms with Crippen molar-refractivity contribution in [1.82, 2.24) is 10.6 Å². The molecule has 27 heavy (non-hydrogen) atoms. The summed E-state index contributed by atoms with van der Waals surface area (Å²) in [5.74, 6) is 0.484. The number of anilines is 1. The van der Waals surface area contributed by atoms with E-state index < -0.39 is 11.6 Å². The zero-order valence-corrected chi connectivity index (χ0v) is 18.0. The van der Waals surface area contributed by atoms with E-state index in [4.69, 9.17) is 4.74 Å². The topological polar surface area (TPSA) is 48.9 Å². The number of rotatable bonds is 8. The number of guanidine groups is 1. The van der Waals surface area contributed by atoms with Crippen LogP contribution in [0.25, 0.3) is 0 Å². The second-order valence-corrected chi connectivity index (χ2v) is 7.04. The first-order chi connectivity index (χ1) is 12.7. The van der Waals surface area contributed by atoms with Crippen LogP contribution < -0.4 is 15.5 Å². The summed E-state index contributed by atoms with van der Waals surface area (Å²) >= 11 is 0. The van der Waals surface area contributed by atoms with Crippen LogP contribution in [0.1, 0.15) is 25.7 Å². The fraction of sp³-hybridized carbons (Fsp3) is 0.632. The number of aliphatic imine (C=N–C) groups is 1. The average molecular weight is 494 g/mol. The molecule has 2 N–H and O–H groups in total. The number of nitrogens with zero attached hydrogens (tertiary/aromatic N) is 2. The average Bonchev–Trinajstić information content (AvgIpc) is 3.34. The predicted octanol–water partition coefficient (Wildman–Crippen LogP) is 3.14. The zero-order valence-electron chi connectivity index (χ0n) is 15.7. The Morgan fingerprint density at radius 2 is 2.11 bits per heavy atom. The van der Waals surface area contributed by atoms with Crippen LogP contribution in [0.5, 0.6) is 0 Å². The van der Waals surface area contributed by atoms with Gasteiger partial charge in [0.05, 0.1) is 5.69 Å². The molecule has 8 heteroatoms. The molecule has 1 unspecified atom stereocenters. The number of benzene rings is 1. The van der Waals surface area contributed by atoms with Crippen LogP contribution in [-0.4, -0.2) is 51.9 Å². The fourth-order valence-electron chi connectivity index (χ4n) is 3.14. The number of hydrogen-bond donors (Lipinski definition) is 2. The van der Waals surface area contributed by atoms with Crippen LogP contribution in [0.4, 0.5) is 14.5 Å². The first-order valence-corrected chi connectivity index (χ1v) is 9.40. The van der Waals surface area contributed by atoms with Crippen molar-refractivity contribution in [2.24, 2.45) is 10.9 Å². The quantitative estimate of drug-likeness (QED) is 0.253. The standard InChI is InChI=1S/C19H28F2N4O.HI/c1-22-19(23-8-2-10-26-13-14-3-4-14)24-16-7-9-25(12-16)18-6-5-15(20)11-17(18)21;/h5-6,11,14,16H,2-4,7-10,12-13H2,1H3,(H2,22,23,24);1H. The number of ether oxygens (including phenoxy) is 1. The van der Waals surface area contributed by atoms with Crippen LogP contribution in [0.15, 0.2) is 23.2 Å². The van der Waals surface area contributed by atoms with Crippen molar-refractivity contribution >= 4 is 35.6 Å². The van der Waals surface area contributed by atoms with E-state index in [-0.39, 0.29) is 30.0 Å². The molecular formula is C19H29F2IN4O. The van der Waals surface area contributed by atoms with Gasteiger partial charge in [-0.15, -0.1) is 24.0 Å². The Balaban J connectivity index is 0.00000261. The monoisotopic (exact) mass is 494 g/mol. The minimum Gasteiger partial charge on any atom is -0.381 e. The summed E-state index contributed by atoms with van der Waals surface area (Å²) in [5, 5.41) is 6.67. The molecule has 0 aromatic heterocycles. The van der Waals surface area contributed by atoms with Crippen LogP contribution in [0.2, 0.25) is 0 Å². The molecule has 1 saturated carbocycles. The lowest BCUT2D eigenvalue weighted by Gasteiger charge is -2.21. The van der Waals surface area contributed by atoms with Crippen molar-refractivity contribution in [1.29, 1.82) is 0 Å². The normalized spacial score (nSPS) is 19.7. The Bertz CT molecular complexity index is 628. The van der Waals surface area contributed by atoms with Gasteiger partial charge in [0.2, 0.25) is 0 Å². The van der Waals surface area contributed by atoms with Crippen molar-refractivity contribution in [3.05, 3.63) is 29.8 Å². The second kappa shape index (κ2) is 11.0. The van der Waals surface area contributed by atoms with Crippen molar-refractivity contribution in [3.63, 3.8) is 0 Å². The predicted molar refractivity (Wildman–Crippen MR) is 115 cm³/mol. The molecule has 0 bridgehead atoms. The molecule has 1 aliphatic heterocycles. The third kappa shape index (κ3) is 7.06. The lowest BCUT2D eigenvalue weighted by atomic mass is 10.2. The van der Waals surface area contributed by atoms with E-state index in [0.717, 1.165) is 57.1 Å². The first kappa shape index (κ1) is 22.1. The van der Waals surface area contributed by atoms with E-state index in [1.165, 1.54) is 25.0 Å². The molecule has 0 spiro atoms. The molecule has 152 valence electrons. The number of halogens is 3. The summed E-state index contributed by atoms with van der Waals surface area (Å²) in [5.41, 5.74) is 0.450. The van der Waals surface area contributed by atoms with E-state index in [1.54, 1.807) is 7.05 Å². The van der Waals surface area contributed by atoms with Crippen LogP contribution in [0, 0.1) is 17.6 Å². The molecular weight excluding hydrogens is 465 g/mol. The molecule has 1 atom stereocenters. The van der Waals surface area contributed by atoms with Gasteiger partial charge in [0.15, 0.2) is 5.96 Å². The Hall–Kier alpha value is -1.16. The first-order valence-electron chi connectivity index (χ1n) is 9.40. The zero-order chi connectivity index (χ0) is 18.4. The van der Waals surface area contributed by atoms with E-state index in [9.17, 15) is 8.78 Å². The maximum Gasteiger partial charge on any atom is 0.191 e. The largest absolute Gasteiger partial charge is 0.381 e. The van der Waals surface area contributed by atoms with Gasteiger partial charge in [-0.05, 0) is 43.7 Å². The molecule has 1 aromatic rings. The molecule has 1 heterocycles. The second-order valence-electron chi connectivity index (χ2n) is 7.04. The minimum absolute atomic E-state index is 0. The van der Waals surface area contributed by atoms with Gasteiger partial charge >= 0.3 is 0 Å². The van der Waals surface area contributed by atoms with Crippen LogP contribution in [-0.2, 0) is 4.74 Å². The summed E-state index contributed by atoms with van der Waals surface area (Å²) in [6.45, 7) is 3.85. The third-order valence-corrected chi connectivity index (χ3v) is 4.81. The molecule has 0 amide bonds. The van der Waals surface area contributed by atoms with Gasteiger partial charge in [-0.1, -0.05) is 0 Å². The molecule has 0 radical (unpaired) electrons. The van der Waals surface area contributed by atoms with E-state index in [0.29, 0.717) is 12.2 Å². The highest BCUT2D eigenvalue weighted by molar-refractivity contribution is 14.0. The van der Waals surface area contributed by atoms with Crippen molar-refractivity contribution in [2.75, 3.05) is 44.8 Å². The van der Waals surface area contributed by atoms with Gasteiger partial charge in [0, 0.05) is 52.0 Å². The van der Waals surface area contributed by atoms with E-state index in [1.807, 2.05) is 4.90 Å². The van der Waals surface area contributed by atoms with Crippen molar-refractivity contribution in [2.45, 2.75) is 31.7 Å². The van der Waals surface area contributed by atoms with Crippen molar-refractivity contribution in [3.8, 4) is 0 Å². The summed E-state index contributed by atoms with van der Waals surface area (Å²) in [6, 6.07) is 3.91. The maximum atomic E-state index is 13.9. The van der Waals surface area contributed by atoms with Crippen LogP contribution >= 0.6 is 24.0 Å². The molecule has 3 rings (SSSR count). The molecule has 1 aromatic carbocycles. The van der Waals surface area contributed by atoms with Gasteiger partial charge in [0.25, 0.3) is 0 Å². The Morgan fingerprint density at radius 3 is 2.81 bits per heavy atom. The SMILES string of the molecule is CN=C(NCCCOCC1CC1)NC1CCN(c2ccc(F)cc2F)C1.I. The van der Waals surface area contributed by atoms with E-state index in [2.05, 4.69) is 15.6 Å². The molecule has 2 aliphatic rings. The van der Waals surface area contributed by atoms with Gasteiger partial charge in [0.1, 0.15) is 11.6 Å². The number of nitrogens with one attached hydrogen (secondary N) is 2. The Labute approximate surface area is 177 Å². The van der Waals surface area contributed by atoms with Crippen molar-refractivity contribution < 1.29 is 13.5 Å². The highest BCUT2D eigenvalue weighted by atomic mass is 127. The highest BCUT2D eigenvalue weighted by Crippen LogP contribution is 2.28. The Kier molecular flexibility index (Phi) is 9.01. The molecule has 2 fully saturated rings. The molecule has 1 aliphatic carbocycles.